The average Bonchev–Trinajstić information content (AvgIpc) is 3.39. The number of thiazole rings is 1. The van der Waals surface area contributed by atoms with E-state index in [1.165, 1.54) is 17.1 Å². The van der Waals surface area contributed by atoms with Gasteiger partial charge in [-0.25, -0.2) is 9.37 Å². The fraction of sp³-hybridized carbons (Fsp3) is 0.450. The van der Waals surface area contributed by atoms with Crippen molar-refractivity contribution >= 4 is 51.7 Å². The monoisotopic (exact) mass is 526 g/mol. The third-order valence-electron chi connectivity index (χ3n) is 5.55. The van der Waals surface area contributed by atoms with Crippen molar-refractivity contribution in [1.29, 1.82) is 0 Å². The number of alkyl halides is 1. The van der Waals surface area contributed by atoms with Gasteiger partial charge in [-0.2, -0.15) is 9.48 Å². The fourth-order valence-electron chi connectivity index (χ4n) is 3.92. The third kappa shape index (κ3) is 5.17. The largest absolute Gasteiger partial charge is 0.543 e. The molecule has 1 aromatic heterocycles. The number of β-lactam (4-membered cyclic amide) rings is 1. The Bertz CT molecular complexity index is 1140. The summed E-state index contributed by atoms with van der Waals surface area (Å²) in [4.78, 5) is 52.8. The smallest absolute Gasteiger partial charge is 0.276 e. The Morgan fingerprint density at radius 2 is 2.29 bits per heavy atom. The topological polar surface area (TPSA) is 159 Å². The summed E-state index contributed by atoms with van der Waals surface area (Å²) in [6, 6.07) is -1.03. The quantitative estimate of drug-likeness (QED) is 0.190. The molecule has 4 heterocycles. The highest BCUT2D eigenvalue weighted by Crippen LogP contribution is 2.40. The predicted molar refractivity (Wildman–Crippen MR) is 123 cm³/mol. The van der Waals surface area contributed by atoms with Crippen molar-refractivity contribution in [2.24, 2.45) is 5.16 Å². The van der Waals surface area contributed by atoms with Crippen LogP contribution in [0.4, 0.5) is 9.52 Å². The fourth-order valence-corrected chi connectivity index (χ4v) is 5.79. The van der Waals surface area contributed by atoms with E-state index >= 15 is 0 Å². The Labute approximate surface area is 207 Å². The second-order valence-corrected chi connectivity index (χ2v) is 10.4. The van der Waals surface area contributed by atoms with Gasteiger partial charge in [0.05, 0.1) is 25.8 Å². The first kappa shape index (κ1) is 25.1. The number of aliphatic carboxylic acids is 1. The summed E-state index contributed by atoms with van der Waals surface area (Å²) in [6.07, 6.45) is 4.04. The Kier molecular flexibility index (Phi) is 7.12. The van der Waals surface area contributed by atoms with Crippen LogP contribution in [0.2, 0.25) is 0 Å². The number of carbonyl (C=O) groups excluding carboxylic acids is 3. The molecule has 0 unspecified atom stereocenters. The van der Waals surface area contributed by atoms with E-state index in [0.29, 0.717) is 10.2 Å². The van der Waals surface area contributed by atoms with Crippen LogP contribution >= 0.6 is 23.1 Å². The van der Waals surface area contributed by atoms with Gasteiger partial charge < -0.3 is 25.8 Å². The van der Waals surface area contributed by atoms with Gasteiger partial charge in [0.2, 0.25) is 0 Å². The molecule has 2 fully saturated rings. The maximum absolute atomic E-state index is 12.9. The number of nitrogens with zero attached hydrogens (tertiary/aromatic N) is 4. The highest BCUT2D eigenvalue weighted by Gasteiger charge is 2.53. The molecule has 2 saturated heterocycles. The summed E-state index contributed by atoms with van der Waals surface area (Å²) in [5.41, 5.74) is 5.46. The van der Waals surface area contributed by atoms with Crippen LogP contribution in [-0.4, -0.2) is 88.8 Å². The molecule has 15 heteroatoms. The van der Waals surface area contributed by atoms with E-state index < -0.39 is 36.1 Å². The summed E-state index contributed by atoms with van der Waals surface area (Å²) >= 11 is 2.33. The summed E-state index contributed by atoms with van der Waals surface area (Å²) in [6.45, 7) is -0.456. The number of halogens is 1. The number of nitrogen functional groups attached to an aromatic ring is 1. The SMILES string of the molecule is C[N+]1(C)CC[C@H](/C=C/C2=C(C(=O)[O-])N3C(=O)[C@@H](NC(=O)/C(=N\OCF)c4csc(N)n4)[C@H]3SC2)O1. The van der Waals surface area contributed by atoms with E-state index in [4.69, 9.17) is 10.6 Å². The number of oxime groups is 1. The lowest BCUT2D eigenvalue weighted by Gasteiger charge is -2.50. The first-order valence-electron chi connectivity index (χ1n) is 10.5. The first-order valence-corrected chi connectivity index (χ1v) is 12.4. The zero-order chi connectivity index (χ0) is 25.3. The minimum atomic E-state index is -1.49. The maximum Gasteiger partial charge on any atom is 0.276 e. The number of nitrogens with one attached hydrogen (secondary N) is 1. The van der Waals surface area contributed by atoms with E-state index in [1.807, 2.05) is 14.1 Å². The molecule has 0 bridgehead atoms. The molecule has 3 atom stereocenters. The number of hydrogen-bond acceptors (Lipinski definition) is 11. The zero-order valence-corrected chi connectivity index (χ0v) is 20.4. The lowest BCUT2D eigenvalue weighted by Crippen LogP contribution is -2.71. The summed E-state index contributed by atoms with van der Waals surface area (Å²) < 4.78 is 12.9. The van der Waals surface area contributed by atoms with Gasteiger partial charge in [0, 0.05) is 17.6 Å². The molecule has 3 aliphatic heterocycles. The number of hydroxylamine groups is 3. The highest BCUT2D eigenvalue weighted by atomic mass is 32.2. The number of nitrogens with two attached hydrogens (primary N) is 1. The van der Waals surface area contributed by atoms with Gasteiger partial charge in [0.25, 0.3) is 18.7 Å². The molecule has 0 aromatic carbocycles. The molecule has 0 saturated carbocycles. The molecular formula is C20H23FN6O6S2. The number of aromatic nitrogens is 1. The van der Waals surface area contributed by atoms with E-state index in [2.05, 4.69) is 20.3 Å². The number of allylic oxidation sites excluding steroid dienone is 1. The van der Waals surface area contributed by atoms with Crippen LogP contribution in [0, 0.1) is 0 Å². The van der Waals surface area contributed by atoms with E-state index in [0.717, 1.165) is 29.2 Å². The molecule has 3 aliphatic rings. The van der Waals surface area contributed by atoms with Crippen molar-refractivity contribution in [3.63, 3.8) is 0 Å². The Hall–Kier alpha value is -3.01. The van der Waals surface area contributed by atoms with Crippen LogP contribution in [0.3, 0.4) is 0 Å². The molecule has 4 rings (SSSR count). The second kappa shape index (κ2) is 9.93. The van der Waals surface area contributed by atoms with Gasteiger partial charge in [-0.1, -0.05) is 11.2 Å². The minimum absolute atomic E-state index is 0.0528. The normalized spacial score (nSPS) is 26.0. The minimum Gasteiger partial charge on any atom is -0.543 e. The van der Waals surface area contributed by atoms with Crippen molar-refractivity contribution in [3.05, 3.63) is 34.5 Å². The summed E-state index contributed by atoms with van der Waals surface area (Å²) in [5, 5.41) is 18.8. The lowest BCUT2D eigenvalue weighted by molar-refractivity contribution is -1.06. The molecule has 1 aromatic rings. The molecule has 188 valence electrons. The van der Waals surface area contributed by atoms with Gasteiger partial charge in [-0.05, 0) is 11.6 Å². The van der Waals surface area contributed by atoms with E-state index in [9.17, 15) is 23.9 Å². The van der Waals surface area contributed by atoms with Crippen molar-refractivity contribution in [1.82, 2.24) is 15.2 Å². The van der Waals surface area contributed by atoms with Crippen LogP contribution < -0.4 is 16.2 Å². The number of hydrogen-bond donors (Lipinski definition) is 2. The number of anilines is 1. The number of carbonyl (C=O) groups is 3. The zero-order valence-electron chi connectivity index (χ0n) is 18.8. The Morgan fingerprint density at radius 1 is 1.51 bits per heavy atom. The average molecular weight is 527 g/mol. The molecule has 12 nitrogen and oxygen atoms in total. The van der Waals surface area contributed by atoms with Gasteiger partial charge >= 0.3 is 0 Å². The van der Waals surface area contributed by atoms with Crippen LogP contribution in [0.25, 0.3) is 0 Å². The molecule has 3 N–H and O–H groups in total. The molecule has 2 amide bonds. The van der Waals surface area contributed by atoms with Crippen molar-refractivity contribution in [3.8, 4) is 0 Å². The van der Waals surface area contributed by atoms with E-state index in [1.54, 1.807) is 12.2 Å². The number of quaternary nitrogens is 1. The first-order chi connectivity index (χ1) is 16.6. The van der Waals surface area contributed by atoms with Gasteiger partial charge in [0.1, 0.15) is 29.8 Å². The molecule has 0 radical (unpaired) electrons. The van der Waals surface area contributed by atoms with Crippen molar-refractivity contribution in [2.45, 2.75) is 23.9 Å². The summed E-state index contributed by atoms with van der Waals surface area (Å²) in [7, 11) is 3.86. The molecule has 0 spiro atoms. The number of fused-ring (bicyclic) bond motifs is 1. The standard InChI is InChI=1S/C20H23FN6O6S2/c1-27(2)6-5-11(33-27)4-3-10-7-34-18-14(17(29)26(18)15(10)19(30)31)24-16(28)13(25-32-9-21)12-8-35-20(22)23-12/h3-4,8,11,14,18H,5-7,9H2,1-2H3,(H3-,22,23,24,28,30,31)/b4-3+,25-13-/t11-,14+,18+/m0/s1. The van der Waals surface area contributed by atoms with Gasteiger partial charge in [-0.3, -0.25) is 14.5 Å². The third-order valence-corrected chi connectivity index (χ3v) is 7.52. The van der Waals surface area contributed by atoms with Crippen LogP contribution in [-0.2, 0) is 24.1 Å². The number of thioether (sulfide) groups is 1. The van der Waals surface area contributed by atoms with E-state index in [-0.39, 0.29) is 34.1 Å². The second-order valence-electron chi connectivity index (χ2n) is 8.36. The summed E-state index contributed by atoms with van der Waals surface area (Å²) in [5.74, 6) is -2.68. The van der Waals surface area contributed by atoms with Gasteiger partial charge in [0.15, 0.2) is 10.8 Å². The van der Waals surface area contributed by atoms with Crippen LogP contribution in [0.1, 0.15) is 12.1 Å². The highest BCUT2D eigenvalue weighted by molar-refractivity contribution is 8.00. The lowest BCUT2D eigenvalue weighted by atomic mass is 10.0. The molecule has 35 heavy (non-hydrogen) atoms. The van der Waals surface area contributed by atoms with Crippen molar-refractivity contribution in [2.75, 3.05) is 39.0 Å². The van der Waals surface area contributed by atoms with Crippen LogP contribution in [0.5, 0.6) is 0 Å². The molecule has 0 aliphatic carbocycles. The number of carboxylic acids is 1. The number of carboxylic acid groups (broad SMARTS) is 1. The maximum atomic E-state index is 12.9. The number of amides is 2. The Morgan fingerprint density at radius 3 is 2.89 bits per heavy atom. The Balaban J connectivity index is 1.49. The predicted octanol–water partition coefficient (Wildman–Crippen LogP) is -0.887. The van der Waals surface area contributed by atoms with Crippen molar-refractivity contribution < 1.29 is 38.2 Å². The molecular weight excluding hydrogens is 503 g/mol. The van der Waals surface area contributed by atoms with Crippen LogP contribution in [0.15, 0.2) is 34.0 Å². The van der Waals surface area contributed by atoms with Gasteiger partial charge in [-0.15, -0.1) is 23.1 Å². The number of rotatable bonds is 8.